The van der Waals surface area contributed by atoms with Crippen LogP contribution in [0.4, 0.5) is 0 Å². The lowest BCUT2D eigenvalue weighted by atomic mass is 9.71. The Morgan fingerprint density at radius 1 is 1.33 bits per heavy atom. The number of fused-ring (bicyclic) bond motifs is 1. The summed E-state index contributed by atoms with van der Waals surface area (Å²) in [6.45, 7) is 8.39. The summed E-state index contributed by atoms with van der Waals surface area (Å²) in [5, 5.41) is 0. The van der Waals surface area contributed by atoms with Crippen LogP contribution in [0.3, 0.4) is 0 Å². The summed E-state index contributed by atoms with van der Waals surface area (Å²) in [5.74, 6) is 0. The molecule has 0 aliphatic carbocycles. The zero-order valence-corrected chi connectivity index (χ0v) is 8.43. The van der Waals surface area contributed by atoms with Crippen molar-refractivity contribution in [2.75, 3.05) is 6.54 Å². The standard InChI is InChI=1S/C11H19N/c1-10(2,3)11-6-4-8-12(11)9-5-7-11/h4,8H,5-7,9H2,1-3H3. The van der Waals surface area contributed by atoms with Crippen molar-refractivity contribution in [3.05, 3.63) is 12.3 Å². The molecule has 0 aromatic rings. The van der Waals surface area contributed by atoms with E-state index in [0.29, 0.717) is 11.0 Å². The minimum Gasteiger partial charge on any atom is -0.371 e. The molecule has 2 aliphatic heterocycles. The Bertz CT molecular complexity index is 212. The molecule has 0 aromatic heterocycles. The van der Waals surface area contributed by atoms with Gasteiger partial charge in [-0.3, -0.25) is 0 Å². The second-order valence-corrected chi connectivity index (χ2v) is 5.17. The monoisotopic (exact) mass is 165 g/mol. The second-order valence-electron chi connectivity index (χ2n) is 5.17. The van der Waals surface area contributed by atoms with Gasteiger partial charge in [0, 0.05) is 12.1 Å². The van der Waals surface area contributed by atoms with Crippen molar-refractivity contribution in [3.8, 4) is 0 Å². The van der Waals surface area contributed by atoms with E-state index in [0.717, 1.165) is 0 Å². The van der Waals surface area contributed by atoms with Crippen molar-refractivity contribution in [2.45, 2.75) is 45.6 Å². The largest absolute Gasteiger partial charge is 0.371 e. The average Bonchev–Trinajstić information content (AvgIpc) is 2.37. The van der Waals surface area contributed by atoms with Gasteiger partial charge in [0.2, 0.25) is 0 Å². The van der Waals surface area contributed by atoms with E-state index in [2.05, 4.69) is 37.9 Å². The second kappa shape index (κ2) is 2.27. The molecule has 2 heterocycles. The van der Waals surface area contributed by atoms with Crippen LogP contribution in [-0.2, 0) is 0 Å². The van der Waals surface area contributed by atoms with Crippen LogP contribution in [0.25, 0.3) is 0 Å². The van der Waals surface area contributed by atoms with Crippen LogP contribution in [0.2, 0.25) is 0 Å². The summed E-state index contributed by atoms with van der Waals surface area (Å²) in [4.78, 5) is 2.56. The summed E-state index contributed by atoms with van der Waals surface area (Å²) >= 11 is 0. The van der Waals surface area contributed by atoms with E-state index in [1.807, 2.05) is 0 Å². The molecule has 1 nitrogen and oxygen atoms in total. The van der Waals surface area contributed by atoms with Crippen molar-refractivity contribution in [1.82, 2.24) is 4.90 Å². The first-order valence-corrected chi connectivity index (χ1v) is 5.00. The van der Waals surface area contributed by atoms with E-state index in [1.54, 1.807) is 0 Å². The Morgan fingerprint density at radius 2 is 2.08 bits per heavy atom. The van der Waals surface area contributed by atoms with Gasteiger partial charge < -0.3 is 4.90 Å². The SMILES string of the molecule is CC(C)(C)C12CC=CN1CCC2. The quantitative estimate of drug-likeness (QED) is 0.533. The minimum absolute atomic E-state index is 0.424. The smallest absolute Gasteiger partial charge is 0.0480 e. The van der Waals surface area contributed by atoms with Gasteiger partial charge in [-0.05, 0) is 30.9 Å². The van der Waals surface area contributed by atoms with Crippen molar-refractivity contribution in [1.29, 1.82) is 0 Å². The maximum atomic E-state index is 2.56. The zero-order chi connectivity index (χ0) is 8.82. The predicted octanol–water partition coefficient (Wildman–Crippen LogP) is 2.78. The topological polar surface area (TPSA) is 3.24 Å². The van der Waals surface area contributed by atoms with Crippen LogP contribution in [0.15, 0.2) is 12.3 Å². The summed E-state index contributed by atoms with van der Waals surface area (Å²) in [6.07, 6.45) is 8.66. The van der Waals surface area contributed by atoms with Crippen molar-refractivity contribution in [2.24, 2.45) is 5.41 Å². The molecule has 1 unspecified atom stereocenters. The highest BCUT2D eigenvalue weighted by Crippen LogP contribution is 2.48. The molecule has 2 aliphatic rings. The molecule has 0 bridgehead atoms. The van der Waals surface area contributed by atoms with Gasteiger partial charge in [-0.15, -0.1) is 0 Å². The Hall–Kier alpha value is -0.460. The first-order chi connectivity index (χ1) is 5.56. The molecule has 1 saturated heterocycles. The fourth-order valence-corrected chi connectivity index (χ4v) is 2.82. The van der Waals surface area contributed by atoms with Crippen LogP contribution in [0.1, 0.15) is 40.0 Å². The number of nitrogens with zero attached hydrogens (tertiary/aromatic N) is 1. The third kappa shape index (κ3) is 0.854. The van der Waals surface area contributed by atoms with Crippen LogP contribution in [-0.4, -0.2) is 17.0 Å². The Kier molecular flexibility index (Phi) is 1.54. The molecule has 2 rings (SSSR count). The van der Waals surface area contributed by atoms with E-state index < -0.39 is 0 Å². The average molecular weight is 165 g/mol. The molecule has 0 radical (unpaired) electrons. The normalized spacial score (nSPS) is 34.4. The van der Waals surface area contributed by atoms with Crippen molar-refractivity contribution in [3.63, 3.8) is 0 Å². The van der Waals surface area contributed by atoms with Gasteiger partial charge in [0.15, 0.2) is 0 Å². The van der Waals surface area contributed by atoms with Gasteiger partial charge in [0.1, 0.15) is 0 Å². The lowest BCUT2D eigenvalue weighted by molar-refractivity contribution is 0.0793. The number of rotatable bonds is 0. The van der Waals surface area contributed by atoms with Gasteiger partial charge in [-0.1, -0.05) is 26.8 Å². The lowest BCUT2D eigenvalue weighted by Gasteiger charge is -2.44. The Labute approximate surface area is 75.4 Å². The molecular formula is C11H19N. The molecule has 1 fully saturated rings. The number of hydrogen-bond donors (Lipinski definition) is 0. The van der Waals surface area contributed by atoms with Crippen LogP contribution >= 0.6 is 0 Å². The van der Waals surface area contributed by atoms with Crippen molar-refractivity contribution >= 4 is 0 Å². The summed E-state index contributed by atoms with van der Waals surface area (Å²) in [7, 11) is 0. The summed E-state index contributed by atoms with van der Waals surface area (Å²) in [6, 6.07) is 0. The molecular weight excluding hydrogens is 146 g/mol. The first-order valence-electron chi connectivity index (χ1n) is 5.00. The molecule has 12 heavy (non-hydrogen) atoms. The Balaban J connectivity index is 2.31. The van der Waals surface area contributed by atoms with Gasteiger partial charge in [-0.2, -0.15) is 0 Å². The van der Waals surface area contributed by atoms with E-state index in [9.17, 15) is 0 Å². The number of hydrogen-bond acceptors (Lipinski definition) is 1. The first kappa shape index (κ1) is 8.15. The minimum atomic E-state index is 0.424. The maximum Gasteiger partial charge on any atom is 0.0480 e. The van der Waals surface area contributed by atoms with E-state index in [4.69, 9.17) is 0 Å². The molecule has 1 heteroatoms. The summed E-state index contributed by atoms with van der Waals surface area (Å²) < 4.78 is 0. The van der Waals surface area contributed by atoms with Crippen LogP contribution in [0, 0.1) is 5.41 Å². The fourth-order valence-electron chi connectivity index (χ4n) is 2.82. The molecule has 0 spiro atoms. The third-order valence-corrected chi connectivity index (χ3v) is 3.68. The lowest BCUT2D eigenvalue weighted by Crippen LogP contribution is -2.48. The Morgan fingerprint density at radius 3 is 2.67 bits per heavy atom. The van der Waals surface area contributed by atoms with Gasteiger partial charge in [0.25, 0.3) is 0 Å². The fraction of sp³-hybridized carbons (Fsp3) is 0.818. The zero-order valence-electron chi connectivity index (χ0n) is 8.43. The van der Waals surface area contributed by atoms with Crippen molar-refractivity contribution < 1.29 is 0 Å². The van der Waals surface area contributed by atoms with Gasteiger partial charge in [-0.25, -0.2) is 0 Å². The van der Waals surface area contributed by atoms with Crippen LogP contribution < -0.4 is 0 Å². The van der Waals surface area contributed by atoms with Gasteiger partial charge >= 0.3 is 0 Å². The van der Waals surface area contributed by atoms with E-state index in [1.165, 1.54) is 25.8 Å². The molecule has 0 aromatic carbocycles. The molecule has 0 amide bonds. The van der Waals surface area contributed by atoms with Crippen LogP contribution in [0.5, 0.6) is 0 Å². The van der Waals surface area contributed by atoms with E-state index >= 15 is 0 Å². The van der Waals surface area contributed by atoms with Gasteiger partial charge in [0.05, 0.1) is 0 Å². The molecule has 68 valence electrons. The highest BCUT2D eigenvalue weighted by molar-refractivity contribution is 5.15. The predicted molar refractivity (Wildman–Crippen MR) is 51.9 cm³/mol. The molecule has 0 N–H and O–H groups in total. The molecule has 1 atom stereocenters. The van der Waals surface area contributed by atoms with E-state index in [-0.39, 0.29) is 0 Å². The summed E-state index contributed by atoms with van der Waals surface area (Å²) in [5.41, 5.74) is 0.889. The molecule has 0 saturated carbocycles. The third-order valence-electron chi connectivity index (χ3n) is 3.68. The maximum absolute atomic E-state index is 2.56. The highest BCUT2D eigenvalue weighted by Gasteiger charge is 2.49. The highest BCUT2D eigenvalue weighted by atomic mass is 15.2.